The number of hydrogen-bond acceptors (Lipinski definition) is 3. The van der Waals surface area contributed by atoms with Crippen LogP contribution in [0, 0.1) is 0 Å². The van der Waals surface area contributed by atoms with Crippen molar-refractivity contribution < 1.29 is 14.4 Å². The van der Waals surface area contributed by atoms with Gasteiger partial charge in [-0.3, -0.25) is 9.63 Å². The summed E-state index contributed by atoms with van der Waals surface area (Å²) >= 11 is 6.21. The molecule has 1 amide bonds. The van der Waals surface area contributed by atoms with Crippen molar-refractivity contribution in [3.8, 4) is 5.75 Å². The van der Waals surface area contributed by atoms with Gasteiger partial charge in [0, 0.05) is 12.3 Å². The topological polar surface area (TPSA) is 47.6 Å². The number of nitrogens with one attached hydrogen (secondary N) is 1. The lowest BCUT2D eigenvalue weighted by Crippen LogP contribution is -2.24. The minimum atomic E-state index is -0.191. The summed E-state index contributed by atoms with van der Waals surface area (Å²) in [6, 6.07) is 15.4. The third kappa shape index (κ3) is 4.00. The van der Waals surface area contributed by atoms with E-state index in [4.69, 9.17) is 21.2 Å². The molecule has 0 aliphatic carbocycles. The molecule has 2 aromatic rings. The minimum absolute atomic E-state index is 0.111. The van der Waals surface area contributed by atoms with Gasteiger partial charge in [0.2, 0.25) is 5.91 Å². The molecule has 1 atom stereocenters. The number of hydrogen-bond donors (Lipinski definition) is 1. The Hall–Kier alpha value is -2.04. The van der Waals surface area contributed by atoms with Gasteiger partial charge in [0.25, 0.3) is 0 Å². The number of carbonyl (C=O) groups excluding carboxylic acids is 1. The molecule has 1 N–H and O–H groups in total. The van der Waals surface area contributed by atoms with Gasteiger partial charge in [0.1, 0.15) is 5.75 Å². The number of halogens is 1. The first-order chi connectivity index (χ1) is 10.7. The molecular formula is C17H18ClNO3. The third-order valence-electron chi connectivity index (χ3n) is 3.39. The number of benzene rings is 2. The van der Waals surface area contributed by atoms with Crippen LogP contribution in [-0.4, -0.2) is 20.1 Å². The largest absolute Gasteiger partial charge is 0.495 e. The monoisotopic (exact) mass is 319 g/mol. The summed E-state index contributed by atoms with van der Waals surface area (Å²) in [4.78, 5) is 16.6. The van der Waals surface area contributed by atoms with Gasteiger partial charge in [-0.05, 0) is 23.3 Å². The lowest BCUT2D eigenvalue weighted by Gasteiger charge is -2.18. The molecule has 0 aliphatic heterocycles. The fourth-order valence-electron chi connectivity index (χ4n) is 2.35. The summed E-state index contributed by atoms with van der Waals surface area (Å²) in [5.74, 6) is 0.307. The van der Waals surface area contributed by atoms with Crippen LogP contribution in [-0.2, 0) is 9.63 Å². The predicted molar refractivity (Wildman–Crippen MR) is 86.1 cm³/mol. The van der Waals surface area contributed by atoms with Gasteiger partial charge < -0.3 is 4.74 Å². The van der Waals surface area contributed by atoms with E-state index >= 15 is 0 Å². The van der Waals surface area contributed by atoms with Crippen molar-refractivity contribution in [3.63, 3.8) is 0 Å². The first-order valence-electron chi connectivity index (χ1n) is 6.86. The first kappa shape index (κ1) is 16.3. The Bertz CT molecular complexity index is 631. The number of rotatable bonds is 6. The molecule has 2 rings (SSSR count). The molecule has 4 nitrogen and oxygen atoms in total. The van der Waals surface area contributed by atoms with Crippen LogP contribution in [0.5, 0.6) is 5.75 Å². The van der Waals surface area contributed by atoms with E-state index in [-0.39, 0.29) is 18.2 Å². The smallest absolute Gasteiger partial charge is 0.244 e. The van der Waals surface area contributed by atoms with Crippen LogP contribution in [0.15, 0.2) is 48.5 Å². The SMILES string of the molecule is CONC(=O)CC(c1ccccc1)c1ccc(OC)c(Cl)c1. The second kappa shape index (κ2) is 7.82. The fraction of sp³-hybridized carbons (Fsp3) is 0.235. The van der Waals surface area contributed by atoms with Gasteiger partial charge in [-0.25, -0.2) is 5.48 Å². The Labute approximate surface area is 135 Å². The Balaban J connectivity index is 2.35. The van der Waals surface area contributed by atoms with E-state index in [0.29, 0.717) is 10.8 Å². The predicted octanol–water partition coefficient (Wildman–Crippen LogP) is 3.55. The zero-order valence-corrected chi connectivity index (χ0v) is 13.3. The highest BCUT2D eigenvalue weighted by atomic mass is 35.5. The van der Waals surface area contributed by atoms with Gasteiger partial charge in [-0.1, -0.05) is 48.0 Å². The van der Waals surface area contributed by atoms with E-state index in [0.717, 1.165) is 11.1 Å². The summed E-state index contributed by atoms with van der Waals surface area (Å²) in [6.45, 7) is 0. The highest BCUT2D eigenvalue weighted by molar-refractivity contribution is 6.32. The molecule has 0 bridgehead atoms. The fourth-order valence-corrected chi connectivity index (χ4v) is 2.62. The van der Waals surface area contributed by atoms with Crippen LogP contribution < -0.4 is 10.2 Å². The maximum atomic E-state index is 11.9. The van der Waals surface area contributed by atoms with Gasteiger partial charge in [0.05, 0.1) is 19.2 Å². The molecule has 116 valence electrons. The van der Waals surface area contributed by atoms with Crippen molar-refractivity contribution in [2.45, 2.75) is 12.3 Å². The van der Waals surface area contributed by atoms with E-state index in [2.05, 4.69) is 5.48 Å². The quantitative estimate of drug-likeness (QED) is 0.828. The number of carbonyl (C=O) groups is 1. The number of hydroxylamine groups is 1. The average Bonchev–Trinajstić information content (AvgIpc) is 2.53. The van der Waals surface area contributed by atoms with Crippen molar-refractivity contribution in [1.29, 1.82) is 0 Å². The van der Waals surface area contributed by atoms with Crippen molar-refractivity contribution in [2.24, 2.45) is 0 Å². The third-order valence-corrected chi connectivity index (χ3v) is 3.68. The molecule has 1 unspecified atom stereocenters. The Morgan fingerprint density at radius 3 is 2.45 bits per heavy atom. The summed E-state index contributed by atoms with van der Waals surface area (Å²) in [5, 5.41) is 0.521. The van der Waals surface area contributed by atoms with E-state index in [1.54, 1.807) is 7.11 Å². The number of methoxy groups -OCH3 is 1. The lowest BCUT2D eigenvalue weighted by atomic mass is 9.88. The van der Waals surface area contributed by atoms with Crippen LogP contribution in [0.25, 0.3) is 0 Å². The molecule has 5 heteroatoms. The van der Waals surface area contributed by atoms with Crippen LogP contribution in [0.2, 0.25) is 5.02 Å². The summed E-state index contributed by atoms with van der Waals surface area (Å²) < 4.78 is 5.17. The van der Waals surface area contributed by atoms with Gasteiger partial charge in [-0.15, -0.1) is 0 Å². The normalized spacial score (nSPS) is 11.8. The van der Waals surface area contributed by atoms with Crippen molar-refractivity contribution in [1.82, 2.24) is 5.48 Å². The Morgan fingerprint density at radius 2 is 1.86 bits per heavy atom. The molecule has 2 aromatic carbocycles. The molecule has 0 aliphatic rings. The van der Waals surface area contributed by atoms with E-state index in [1.807, 2.05) is 48.5 Å². The van der Waals surface area contributed by atoms with Crippen molar-refractivity contribution in [3.05, 3.63) is 64.7 Å². The van der Waals surface area contributed by atoms with Gasteiger partial charge in [0.15, 0.2) is 0 Å². The molecule has 0 fully saturated rings. The molecule has 0 spiro atoms. The van der Waals surface area contributed by atoms with Crippen LogP contribution in [0.4, 0.5) is 0 Å². The van der Waals surface area contributed by atoms with Crippen molar-refractivity contribution >= 4 is 17.5 Å². The van der Waals surface area contributed by atoms with E-state index in [1.165, 1.54) is 7.11 Å². The number of amides is 1. The van der Waals surface area contributed by atoms with Crippen molar-refractivity contribution in [2.75, 3.05) is 14.2 Å². The second-order valence-corrected chi connectivity index (χ2v) is 5.20. The van der Waals surface area contributed by atoms with E-state index < -0.39 is 0 Å². The Kier molecular flexibility index (Phi) is 5.81. The standard InChI is InChI=1S/C17H18ClNO3/c1-21-16-9-8-13(10-15(16)18)14(11-17(20)19-22-2)12-6-4-3-5-7-12/h3-10,14H,11H2,1-2H3,(H,19,20). The summed E-state index contributed by atoms with van der Waals surface area (Å²) in [5.41, 5.74) is 4.34. The molecule has 0 heterocycles. The highest BCUT2D eigenvalue weighted by Crippen LogP contribution is 2.33. The first-order valence-corrected chi connectivity index (χ1v) is 7.23. The van der Waals surface area contributed by atoms with Gasteiger partial charge in [-0.2, -0.15) is 0 Å². The minimum Gasteiger partial charge on any atom is -0.495 e. The molecule has 0 saturated carbocycles. The van der Waals surface area contributed by atoms with E-state index in [9.17, 15) is 4.79 Å². The maximum absolute atomic E-state index is 11.9. The molecule has 0 aromatic heterocycles. The summed E-state index contributed by atoms with van der Waals surface area (Å²) in [6.07, 6.45) is 0.264. The second-order valence-electron chi connectivity index (χ2n) is 4.79. The lowest BCUT2D eigenvalue weighted by molar-refractivity contribution is -0.131. The average molecular weight is 320 g/mol. The van der Waals surface area contributed by atoms with Crippen LogP contribution >= 0.6 is 11.6 Å². The molecule has 0 saturated heterocycles. The van der Waals surface area contributed by atoms with Gasteiger partial charge >= 0.3 is 0 Å². The zero-order valence-electron chi connectivity index (χ0n) is 12.5. The Morgan fingerprint density at radius 1 is 1.14 bits per heavy atom. The highest BCUT2D eigenvalue weighted by Gasteiger charge is 2.19. The molecule has 0 radical (unpaired) electrons. The maximum Gasteiger partial charge on any atom is 0.244 e. The zero-order chi connectivity index (χ0) is 15.9. The molecular weight excluding hydrogens is 302 g/mol. The molecule has 22 heavy (non-hydrogen) atoms. The summed E-state index contributed by atoms with van der Waals surface area (Å²) in [7, 11) is 2.99. The van der Waals surface area contributed by atoms with Crippen LogP contribution in [0.1, 0.15) is 23.5 Å². The number of ether oxygens (including phenoxy) is 1. The van der Waals surface area contributed by atoms with Crippen LogP contribution in [0.3, 0.4) is 0 Å².